The van der Waals surface area contributed by atoms with Gasteiger partial charge < -0.3 is 20.4 Å². The third-order valence-corrected chi connectivity index (χ3v) is 7.36. The van der Waals surface area contributed by atoms with Crippen molar-refractivity contribution in [1.82, 2.24) is 20.4 Å². The first-order chi connectivity index (χ1) is 18.4. The van der Waals surface area contributed by atoms with E-state index in [1.54, 1.807) is 25.7 Å². The van der Waals surface area contributed by atoms with Gasteiger partial charge in [-0.2, -0.15) is 10.4 Å². The molecule has 1 aliphatic rings. The van der Waals surface area contributed by atoms with Crippen molar-refractivity contribution in [2.24, 2.45) is 7.05 Å². The second-order valence-electron chi connectivity index (χ2n) is 9.47. The van der Waals surface area contributed by atoms with Crippen molar-refractivity contribution >= 4 is 49.8 Å². The number of amides is 3. The van der Waals surface area contributed by atoms with Crippen LogP contribution in [0, 0.1) is 11.3 Å². The van der Waals surface area contributed by atoms with Gasteiger partial charge in [-0.15, -0.1) is 0 Å². The quantitative estimate of drug-likeness (QED) is 0.429. The number of carbonyl (C=O) groups excluding carboxylic acids is 3. The molecule has 0 saturated heterocycles. The number of fused-ring (bicyclic) bond motifs is 2. The number of para-hydroxylation sites is 1. The summed E-state index contributed by atoms with van der Waals surface area (Å²) in [5.74, 6) is -2.58. The van der Waals surface area contributed by atoms with Crippen LogP contribution in [-0.2, 0) is 37.8 Å². The Labute approximate surface area is 226 Å². The number of benzene rings is 2. The second-order valence-corrected chi connectivity index (χ2v) is 11.6. The fourth-order valence-electron chi connectivity index (χ4n) is 4.50. The van der Waals surface area contributed by atoms with Gasteiger partial charge in [-0.1, -0.05) is 18.2 Å². The fourth-order valence-corrected chi connectivity index (χ4v) is 5.10. The molecule has 2 heterocycles. The van der Waals surface area contributed by atoms with E-state index >= 15 is 0 Å². The van der Waals surface area contributed by atoms with Gasteiger partial charge in [0.05, 0.1) is 53.3 Å². The zero-order valence-electron chi connectivity index (χ0n) is 22.0. The van der Waals surface area contributed by atoms with Gasteiger partial charge in [-0.05, 0) is 38.2 Å². The lowest BCUT2D eigenvalue weighted by Crippen LogP contribution is -2.56. The van der Waals surface area contributed by atoms with Crippen molar-refractivity contribution < 1.29 is 22.8 Å². The van der Waals surface area contributed by atoms with Crippen LogP contribution in [0.1, 0.15) is 18.2 Å². The lowest BCUT2D eigenvalue weighted by atomic mass is 10.1. The maximum absolute atomic E-state index is 14.0. The lowest BCUT2D eigenvalue weighted by Gasteiger charge is -2.26. The Bertz CT molecular complexity index is 1610. The summed E-state index contributed by atoms with van der Waals surface area (Å²) in [4.78, 5) is 42.7. The number of carbonyl (C=O) groups is 3. The fraction of sp³-hybridized carbons (Fsp3) is 0.346. The van der Waals surface area contributed by atoms with E-state index in [4.69, 9.17) is 0 Å². The van der Waals surface area contributed by atoms with E-state index in [2.05, 4.69) is 15.7 Å². The standard InChI is InChI=1S/C26H29N7O5S/c1-16(28-2)25(35)29-20-14-32(24(34)15-39(4,37)38)23-11-17(12-27)9-10-22(23)33(26(20)36)13-19-18-7-5-6-8-21(18)31(3)30-19/h5-11,16,20,28H,13-15H2,1-4H3,(H,29,35). The molecule has 2 N–H and O–H groups in total. The molecule has 4 rings (SSSR count). The summed E-state index contributed by atoms with van der Waals surface area (Å²) in [7, 11) is -0.338. The molecule has 0 fully saturated rings. The lowest BCUT2D eigenvalue weighted by molar-refractivity contribution is -0.128. The average Bonchev–Trinajstić information content (AvgIpc) is 3.16. The number of nitrogens with one attached hydrogen (secondary N) is 2. The van der Waals surface area contributed by atoms with Crippen LogP contribution in [0.5, 0.6) is 0 Å². The number of rotatable bonds is 7. The molecule has 1 aromatic heterocycles. The van der Waals surface area contributed by atoms with E-state index < -0.39 is 45.4 Å². The summed E-state index contributed by atoms with van der Waals surface area (Å²) in [5.41, 5.74) is 2.13. The highest BCUT2D eigenvalue weighted by atomic mass is 32.2. The van der Waals surface area contributed by atoms with Gasteiger partial charge in [0.25, 0.3) is 5.91 Å². The Morgan fingerprint density at radius 2 is 1.92 bits per heavy atom. The summed E-state index contributed by atoms with van der Waals surface area (Å²) < 4.78 is 25.7. The number of likely N-dealkylation sites (N-methyl/N-ethyl adjacent to an activating group) is 1. The summed E-state index contributed by atoms with van der Waals surface area (Å²) in [6, 6.07) is 12.2. The maximum atomic E-state index is 14.0. The van der Waals surface area contributed by atoms with Gasteiger partial charge in [0, 0.05) is 18.7 Å². The van der Waals surface area contributed by atoms with Crippen LogP contribution in [0.25, 0.3) is 10.9 Å². The number of nitrogens with zero attached hydrogens (tertiary/aromatic N) is 5. The van der Waals surface area contributed by atoms with Crippen LogP contribution in [0.15, 0.2) is 42.5 Å². The minimum absolute atomic E-state index is 0.00114. The van der Waals surface area contributed by atoms with Gasteiger partial charge in [-0.3, -0.25) is 19.1 Å². The molecule has 0 aliphatic carbocycles. The predicted molar refractivity (Wildman–Crippen MR) is 146 cm³/mol. The molecule has 2 aromatic carbocycles. The molecular formula is C26H29N7O5S. The van der Waals surface area contributed by atoms with E-state index in [9.17, 15) is 28.1 Å². The molecule has 12 nitrogen and oxygen atoms in total. The summed E-state index contributed by atoms with van der Waals surface area (Å²) >= 11 is 0. The van der Waals surface area contributed by atoms with Gasteiger partial charge in [0.2, 0.25) is 11.8 Å². The number of aromatic nitrogens is 2. The number of hydrogen-bond acceptors (Lipinski definition) is 8. The van der Waals surface area contributed by atoms with Crippen molar-refractivity contribution in [2.45, 2.75) is 25.6 Å². The first kappa shape index (κ1) is 27.7. The van der Waals surface area contributed by atoms with Gasteiger partial charge >= 0.3 is 0 Å². The minimum atomic E-state index is -3.72. The molecule has 0 spiro atoms. The highest BCUT2D eigenvalue weighted by Gasteiger charge is 2.38. The normalized spacial score (nSPS) is 16.4. The van der Waals surface area contributed by atoms with Crippen LogP contribution in [0.4, 0.5) is 11.4 Å². The zero-order valence-corrected chi connectivity index (χ0v) is 22.8. The van der Waals surface area contributed by atoms with E-state index in [-0.39, 0.29) is 30.0 Å². The molecule has 13 heteroatoms. The Morgan fingerprint density at radius 3 is 2.59 bits per heavy atom. The van der Waals surface area contributed by atoms with E-state index in [0.717, 1.165) is 22.1 Å². The smallest absolute Gasteiger partial charge is 0.251 e. The van der Waals surface area contributed by atoms with Crippen molar-refractivity contribution in [3.05, 3.63) is 53.7 Å². The summed E-state index contributed by atoms with van der Waals surface area (Å²) in [5, 5.41) is 20.5. The SMILES string of the molecule is CNC(C)C(=O)NC1CN(C(=O)CS(C)(=O)=O)c2cc(C#N)ccc2N(Cc2nn(C)c3ccccc23)C1=O. The number of hydrogen-bond donors (Lipinski definition) is 2. The molecule has 204 valence electrons. The maximum Gasteiger partial charge on any atom is 0.251 e. The Kier molecular flexibility index (Phi) is 7.71. The van der Waals surface area contributed by atoms with E-state index in [1.165, 1.54) is 23.1 Å². The molecule has 0 radical (unpaired) electrons. The first-order valence-electron chi connectivity index (χ1n) is 12.2. The molecule has 39 heavy (non-hydrogen) atoms. The topological polar surface area (TPSA) is 158 Å². The number of aryl methyl sites for hydroxylation is 1. The molecule has 0 bridgehead atoms. The molecule has 3 amide bonds. The van der Waals surface area contributed by atoms with Crippen molar-refractivity contribution in [3.63, 3.8) is 0 Å². The van der Waals surface area contributed by atoms with Crippen molar-refractivity contribution in [1.29, 1.82) is 5.26 Å². The third kappa shape index (κ3) is 5.76. The largest absolute Gasteiger partial charge is 0.341 e. The Morgan fingerprint density at radius 1 is 1.21 bits per heavy atom. The van der Waals surface area contributed by atoms with Crippen LogP contribution in [-0.4, -0.2) is 73.6 Å². The average molecular weight is 552 g/mol. The monoisotopic (exact) mass is 551 g/mol. The van der Waals surface area contributed by atoms with Crippen molar-refractivity contribution in [3.8, 4) is 6.07 Å². The molecular weight excluding hydrogens is 522 g/mol. The Balaban J connectivity index is 1.88. The number of anilines is 2. The summed E-state index contributed by atoms with van der Waals surface area (Å²) in [6.07, 6.45) is 0.937. The van der Waals surface area contributed by atoms with Crippen LogP contribution in [0.2, 0.25) is 0 Å². The number of sulfone groups is 1. The van der Waals surface area contributed by atoms with Gasteiger partial charge in [0.1, 0.15) is 11.8 Å². The minimum Gasteiger partial charge on any atom is -0.341 e. The third-order valence-electron chi connectivity index (χ3n) is 6.59. The van der Waals surface area contributed by atoms with E-state index in [1.807, 2.05) is 30.3 Å². The van der Waals surface area contributed by atoms with Gasteiger partial charge in [-0.25, -0.2) is 8.42 Å². The molecule has 0 saturated carbocycles. The van der Waals surface area contributed by atoms with E-state index in [0.29, 0.717) is 5.69 Å². The highest BCUT2D eigenvalue weighted by Crippen LogP contribution is 2.36. The molecule has 1 aliphatic heterocycles. The van der Waals surface area contributed by atoms with Crippen LogP contribution in [0.3, 0.4) is 0 Å². The zero-order chi connectivity index (χ0) is 28.5. The second kappa shape index (κ2) is 10.8. The van der Waals surface area contributed by atoms with Gasteiger partial charge in [0.15, 0.2) is 9.84 Å². The summed E-state index contributed by atoms with van der Waals surface area (Å²) in [6.45, 7) is 1.30. The highest BCUT2D eigenvalue weighted by molar-refractivity contribution is 7.91. The molecule has 2 unspecified atom stereocenters. The molecule has 2 atom stereocenters. The Hall–Kier alpha value is -4.28. The molecule has 3 aromatic rings. The van der Waals surface area contributed by atoms with Crippen LogP contribution >= 0.6 is 0 Å². The van der Waals surface area contributed by atoms with Crippen LogP contribution < -0.4 is 20.4 Å². The predicted octanol–water partition coefficient (Wildman–Crippen LogP) is 0.462. The number of nitriles is 1. The first-order valence-corrected chi connectivity index (χ1v) is 14.2. The van der Waals surface area contributed by atoms with Crippen molar-refractivity contribution in [2.75, 3.05) is 35.4 Å².